The zero-order valence-electron chi connectivity index (χ0n) is 11.0. The van der Waals surface area contributed by atoms with Crippen LogP contribution in [0.5, 0.6) is 0 Å². The molecule has 3 heteroatoms. The van der Waals surface area contributed by atoms with Crippen molar-refractivity contribution in [3.05, 3.63) is 34.9 Å². The summed E-state index contributed by atoms with van der Waals surface area (Å²) in [6, 6.07) is 8.44. The average Bonchev–Trinajstić information content (AvgIpc) is 2.88. The lowest BCUT2D eigenvalue weighted by molar-refractivity contribution is 0.102. The topological polar surface area (TPSA) is 21.3 Å². The molecule has 100 valence electrons. The molecular weight excluding hydrogens is 246 g/mol. The van der Waals surface area contributed by atoms with Crippen LogP contribution in [0, 0.1) is 0 Å². The van der Waals surface area contributed by atoms with E-state index in [0.717, 1.165) is 18.2 Å². The molecule has 2 unspecified atom stereocenters. The SMILES string of the molecule is CC(NCCCC1CCCO1)c1ccc(Cl)cc1. The highest BCUT2D eigenvalue weighted by Gasteiger charge is 2.14. The van der Waals surface area contributed by atoms with Crippen LogP contribution in [0.15, 0.2) is 24.3 Å². The van der Waals surface area contributed by atoms with Gasteiger partial charge in [0.2, 0.25) is 0 Å². The molecule has 1 aromatic carbocycles. The van der Waals surface area contributed by atoms with Gasteiger partial charge in [-0.3, -0.25) is 0 Å². The molecule has 0 bridgehead atoms. The van der Waals surface area contributed by atoms with Gasteiger partial charge in [-0.2, -0.15) is 0 Å². The Bertz CT molecular complexity index is 346. The fourth-order valence-corrected chi connectivity index (χ4v) is 2.52. The van der Waals surface area contributed by atoms with Crippen LogP contribution in [0.3, 0.4) is 0 Å². The van der Waals surface area contributed by atoms with Crippen molar-refractivity contribution in [1.29, 1.82) is 0 Å². The molecule has 1 fully saturated rings. The van der Waals surface area contributed by atoms with Crippen LogP contribution in [0.1, 0.15) is 44.2 Å². The van der Waals surface area contributed by atoms with E-state index in [-0.39, 0.29) is 0 Å². The first kappa shape index (κ1) is 13.9. The predicted molar refractivity (Wildman–Crippen MR) is 76.1 cm³/mol. The molecule has 1 N–H and O–H groups in total. The van der Waals surface area contributed by atoms with E-state index >= 15 is 0 Å². The third-order valence-electron chi connectivity index (χ3n) is 3.55. The third-order valence-corrected chi connectivity index (χ3v) is 3.80. The summed E-state index contributed by atoms with van der Waals surface area (Å²) in [4.78, 5) is 0. The van der Waals surface area contributed by atoms with E-state index in [4.69, 9.17) is 16.3 Å². The third kappa shape index (κ3) is 4.27. The molecule has 0 spiro atoms. The first-order chi connectivity index (χ1) is 8.75. The van der Waals surface area contributed by atoms with Gasteiger partial charge >= 0.3 is 0 Å². The molecule has 0 aliphatic carbocycles. The van der Waals surface area contributed by atoms with Crippen molar-refractivity contribution in [2.75, 3.05) is 13.2 Å². The van der Waals surface area contributed by atoms with Crippen molar-refractivity contribution in [2.24, 2.45) is 0 Å². The van der Waals surface area contributed by atoms with Gasteiger partial charge in [-0.1, -0.05) is 23.7 Å². The quantitative estimate of drug-likeness (QED) is 0.788. The van der Waals surface area contributed by atoms with Crippen LogP contribution in [0.2, 0.25) is 5.02 Å². The maximum Gasteiger partial charge on any atom is 0.0576 e. The fraction of sp³-hybridized carbons (Fsp3) is 0.600. The first-order valence-corrected chi connectivity index (χ1v) is 7.24. The molecule has 1 aromatic rings. The maximum atomic E-state index is 5.88. The fourth-order valence-electron chi connectivity index (χ4n) is 2.39. The number of rotatable bonds is 6. The molecule has 18 heavy (non-hydrogen) atoms. The highest BCUT2D eigenvalue weighted by molar-refractivity contribution is 6.30. The Morgan fingerprint density at radius 2 is 2.17 bits per heavy atom. The molecule has 2 atom stereocenters. The number of benzene rings is 1. The lowest BCUT2D eigenvalue weighted by Gasteiger charge is -2.15. The summed E-state index contributed by atoms with van der Waals surface area (Å²) >= 11 is 5.88. The first-order valence-electron chi connectivity index (χ1n) is 6.86. The molecule has 0 amide bonds. The molecular formula is C15H22ClNO. The van der Waals surface area contributed by atoms with Gasteiger partial charge in [-0.25, -0.2) is 0 Å². The van der Waals surface area contributed by atoms with E-state index in [1.807, 2.05) is 12.1 Å². The standard InChI is InChI=1S/C15H22ClNO/c1-12(13-6-8-14(16)9-7-13)17-10-2-4-15-5-3-11-18-15/h6-9,12,15,17H,2-5,10-11H2,1H3. The second-order valence-electron chi connectivity index (χ2n) is 5.00. The van der Waals surface area contributed by atoms with Crippen LogP contribution in [0.25, 0.3) is 0 Å². The van der Waals surface area contributed by atoms with Crippen LogP contribution < -0.4 is 5.32 Å². The van der Waals surface area contributed by atoms with Gasteiger partial charge < -0.3 is 10.1 Å². The number of hydrogen-bond donors (Lipinski definition) is 1. The highest BCUT2D eigenvalue weighted by Crippen LogP contribution is 2.18. The number of halogens is 1. The molecule has 1 aliphatic heterocycles. The normalized spacial score (nSPS) is 21.1. The second kappa shape index (κ2) is 7.13. The molecule has 2 nitrogen and oxygen atoms in total. The summed E-state index contributed by atoms with van der Waals surface area (Å²) in [5, 5.41) is 4.34. The summed E-state index contributed by atoms with van der Waals surface area (Å²) in [7, 11) is 0. The molecule has 0 aromatic heterocycles. The maximum absolute atomic E-state index is 5.88. The molecule has 0 saturated carbocycles. The molecule has 1 heterocycles. The highest BCUT2D eigenvalue weighted by atomic mass is 35.5. The Balaban J connectivity index is 1.64. The van der Waals surface area contributed by atoms with Crippen molar-refractivity contribution in [3.8, 4) is 0 Å². The van der Waals surface area contributed by atoms with E-state index in [9.17, 15) is 0 Å². The number of ether oxygens (including phenoxy) is 1. The Morgan fingerprint density at radius 1 is 1.39 bits per heavy atom. The van der Waals surface area contributed by atoms with Crippen molar-refractivity contribution in [1.82, 2.24) is 5.32 Å². The van der Waals surface area contributed by atoms with Gasteiger partial charge in [0, 0.05) is 17.7 Å². The van der Waals surface area contributed by atoms with Crippen molar-refractivity contribution in [2.45, 2.75) is 44.8 Å². The lowest BCUT2D eigenvalue weighted by atomic mass is 10.1. The van der Waals surface area contributed by atoms with Crippen LogP contribution >= 0.6 is 11.6 Å². The average molecular weight is 268 g/mol. The van der Waals surface area contributed by atoms with E-state index < -0.39 is 0 Å². The minimum absolute atomic E-state index is 0.381. The van der Waals surface area contributed by atoms with Gasteiger partial charge in [0.15, 0.2) is 0 Å². The molecule has 0 radical (unpaired) electrons. The lowest BCUT2D eigenvalue weighted by Crippen LogP contribution is -2.21. The van der Waals surface area contributed by atoms with Crippen molar-refractivity contribution in [3.63, 3.8) is 0 Å². The zero-order valence-corrected chi connectivity index (χ0v) is 11.7. The van der Waals surface area contributed by atoms with Gasteiger partial charge in [-0.15, -0.1) is 0 Å². The van der Waals surface area contributed by atoms with E-state index in [1.54, 1.807) is 0 Å². The summed E-state index contributed by atoms with van der Waals surface area (Å²) < 4.78 is 5.62. The van der Waals surface area contributed by atoms with Crippen LogP contribution in [-0.4, -0.2) is 19.3 Å². The summed E-state index contributed by atoms with van der Waals surface area (Å²) in [5.74, 6) is 0. The Morgan fingerprint density at radius 3 is 2.83 bits per heavy atom. The molecule has 1 saturated heterocycles. The monoisotopic (exact) mass is 267 g/mol. The van der Waals surface area contributed by atoms with Gasteiger partial charge in [0.25, 0.3) is 0 Å². The Kier molecular flexibility index (Phi) is 5.48. The predicted octanol–water partition coefficient (Wildman–Crippen LogP) is 3.95. The van der Waals surface area contributed by atoms with Crippen molar-refractivity contribution >= 4 is 11.6 Å². The molecule has 1 aliphatic rings. The Labute approximate surface area is 115 Å². The number of hydrogen-bond acceptors (Lipinski definition) is 2. The minimum atomic E-state index is 0.381. The summed E-state index contributed by atoms with van der Waals surface area (Å²) in [5.41, 5.74) is 1.29. The smallest absolute Gasteiger partial charge is 0.0576 e. The summed E-state index contributed by atoms with van der Waals surface area (Å²) in [6.45, 7) is 4.19. The van der Waals surface area contributed by atoms with Crippen LogP contribution in [-0.2, 0) is 4.74 Å². The zero-order chi connectivity index (χ0) is 12.8. The van der Waals surface area contributed by atoms with E-state index in [1.165, 1.54) is 31.2 Å². The van der Waals surface area contributed by atoms with Gasteiger partial charge in [-0.05, 0) is 56.8 Å². The molecule has 2 rings (SSSR count). The second-order valence-corrected chi connectivity index (χ2v) is 5.44. The largest absolute Gasteiger partial charge is 0.378 e. The minimum Gasteiger partial charge on any atom is -0.378 e. The Hall–Kier alpha value is -0.570. The van der Waals surface area contributed by atoms with Gasteiger partial charge in [0.05, 0.1) is 6.10 Å². The van der Waals surface area contributed by atoms with E-state index in [0.29, 0.717) is 12.1 Å². The summed E-state index contributed by atoms with van der Waals surface area (Å²) in [6.07, 6.45) is 5.35. The van der Waals surface area contributed by atoms with E-state index in [2.05, 4.69) is 24.4 Å². The number of nitrogens with one attached hydrogen (secondary N) is 1. The van der Waals surface area contributed by atoms with Crippen molar-refractivity contribution < 1.29 is 4.74 Å². The van der Waals surface area contributed by atoms with Crippen LogP contribution in [0.4, 0.5) is 0 Å². The van der Waals surface area contributed by atoms with Gasteiger partial charge in [0.1, 0.15) is 0 Å².